The van der Waals surface area contributed by atoms with Gasteiger partial charge in [-0.3, -0.25) is 0 Å². The molecule has 22 heavy (non-hydrogen) atoms. The molecule has 2 aromatic carbocycles. The summed E-state index contributed by atoms with van der Waals surface area (Å²) in [5.41, 5.74) is 1.80. The summed E-state index contributed by atoms with van der Waals surface area (Å²) in [6, 6.07) is 11.7. The van der Waals surface area contributed by atoms with E-state index in [-0.39, 0.29) is 11.6 Å². The molecule has 0 saturated heterocycles. The van der Waals surface area contributed by atoms with Gasteiger partial charge in [0.15, 0.2) is 0 Å². The van der Waals surface area contributed by atoms with Gasteiger partial charge in [-0.05, 0) is 48.7 Å². The maximum absolute atomic E-state index is 13.4. The van der Waals surface area contributed by atoms with Crippen molar-refractivity contribution in [2.45, 2.75) is 12.8 Å². The molecule has 2 N–H and O–H groups in total. The first kappa shape index (κ1) is 14.3. The minimum atomic E-state index is -0.301. The molecule has 0 amide bonds. The van der Waals surface area contributed by atoms with Crippen LogP contribution in [0.2, 0.25) is 0 Å². The Bertz CT molecular complexity index is 792. The number of hydrogen-bond acceptors (Lipinski definition) is 4. The van der Waals surface area contributed by atoms with Gasteiger partial charge in [0.25, 0.3) is 0 Å². The summed E-state index contributed by atoms with van der Waals surface area (Å²) < 4.78 is 13.4. The average Bonchev–Trinajstić information content (AvgIpc) is 2.52. The van der Waals surface area contributed by atoms with Crippen LogP contribution in [0.3, 0.4) is 0 Å². The van der Waals surface area contributed by atoms with Crippen LogP contribution in [0.25, 0.3) is 10.9 Å². The molecule has 0 fully saturated rings. The third kappa shape index (κ3) is 3.31. The molecule has 5 heteroatoms. The van der Waals surface area contributed by atoms with Crippen LogP contribution < -0.4 is 5.32 Å². The van der Waals surface area contributed by atoms with Gasteiger partial charge in [-0.15, -0.1) is 0 Å². The van der Waals surface area contributed by atoms with E-state index in [1.54, 1.807) is 18.2 Å². The largest absolute Gasteiger partial charge is 0.508 e. The number of rotatable bonds is 5. The number of aryl methyl sites for hydroxylation is 1. The lowest BCUT2D eigenvalue weighted by Crippen LogP contribution is -2.05. The highest BCUT2D eigenvalue weighted by molar-refractivity contribution is 5.88. The number of aromatic nitrogens is 2. The Morgan fingerprint density at radius 2 is 2.00 bits per heavy atom. The normalized spacial score (nSPS) is 10.8. The minimum Gasteiger partial charge on any atom is -0.508 e. The first-order valence-electron chi connectivity index (χ1n) is 7.14. The van der Waals surface area contributed by atoms with Crippen LogP contribution in [0.4, 0.5) is 10.2 Å². The third-order valence-electron chi connectivity index (χ3n) is 3.44. The van der Waals surface area contributed by atoms with Gasteiger partial charge in [0.1, 0.15) is 23.7 Å². The predicted octanol–water partition coefficient (Wildman–Crippen LogP) is 3.52. The van der Waals surface area contributed by atoms with E-state index in [0.717, 1.165) is 18.4 Å². The molecule has 0 aliphatic heterocycles. The van der Waals surface area contributed by atoms with E-state index in [0.29, 0.717) is 23.3 Å². The molecular weight excluding hydrogens is 281 g/mol. The van der Waals surface area contributed by atoms with Gasteiger partial charge in [-0.1, -0.05) is 12.1 Å². The summed E-state index contributed by atoms with van der Waals surface area (Å²) in [5.74, 6) is 0.619. The molecule has 0 saturated carbocycles. The molecule has 0 unspecified atom stereocenters. The van der Waals surface area contributed by atoms with Crippen LogP contribution in [0.5, 0.6) is 5.75 Å². The van der Waals surface area contributed by atoms with E-state index in [4.69, 9.17) is 0 Å². The fourth-order valence-electron chi connectivity index (χ4n) is 2.38. The van der Waals surface area contributed by atoms with Gasteiger partial charge >= 0.3 is 0 Å². The van der Waals surface area contributed by atoms with Crippen LogP contribution in [0.1, 0.15) is 12.0 Å². The Balaban J connectivity index is 1.63. The van der Waals surface area contributed by atoms with Crippen molar-refractivity contribution in [1.29, 1.82) is 0 Å². The summed E-state index contributed by atoms with van der Waals surface area (Å²) >= 11 is 0. The van der Waals surface area contributed by atoms with Crippen LogP contribution >= 0.6 is 0 Å². The lowest BCUT2D eigenvalue weighted by molar-refractivity contribution is 0.474. The lowest BCUT2D eigenvalue weighted by Gasteiger charge is -2.08. The Morgan fingerprint density at radius 1 is 1.09 bits per heavy atom. The number of phenolic OH excluding ortho intramolecular Hbond substituents is 1. The molecular formula is C17H16FN3O. The first-order valence-corrected chi connectivity index (χ1v) is 7.14. The van der Waals surface area contributed by atoms with Crippen molar-refractivity contribution in [1.82, 2.24) is 9.97 Å². The summed E-state index contributed by atoms with van der Waals surface area (Å²) in [4.78, 5) is 8.30. The van der Waals surface area contributed by atoms with Crippen LogP contribution in [0.15, 0.2) is 48.8 Å². The molecule has 0 aliphatic carbocycles. The Kier molecular flexibility index (Phi) is 4.14. The zero-order chi connectivity index (χ0) is 15.4. The van der Waals surface area contributed by atoms with Crippen molar-refractivity contribution in [3.8, 4) is 5.75 Å². The molecule has 3 aromatic rings. The van der Waals surface area contributed by atoms with Crippen molar-refractivity contribution >= 4 is 16.7 Å². The highest BCUT2D eigenvalue weighted by Crippen LogP contribution is 2.20. The van der Waals surface area contributed by atoms with Crippen molar-refractivity contribution in [3.63, 3.8) is 0 Å². The Labute approximate surface area is 127 Å². The zero-order valence-corrected chi connectivity index (χ0v) is 12.0. The fraction of sp³-hybridized carbons (Fsp3) is 0.176. The van der Waals surface area contributed by atoms with Gasteiger partial charge in [-0.25, -0.2) is 14.4 Å². The molecule has 0 spiro atoms. The Morgan fingerprint density at radius 3 is 2.86 bits per heavy atom. The number of halogens is 1. The summed E-state index contributed by atoms with van der Waals surface area (Å²) in [6.45, 7) is 0.707. The molecule has 0 aliphatic rings. The van der Waals surface area contributed by atoms with Crippen LogP contribution in [0, 0.1) is 5.82 Å². The van der Waals surface area contributed by atoms with Crippen molar-refractivity contribution in [2.75, 3.05) is 11.9 Å². The number of fused-ring (bicyclic) bond motifs is 1. The number of anilines is 1. The van der Waals surface area contributed by atoms with Gasteiger partial charge in [0.05, 0.1) is 5.52 Å². The topological polar surface area (TPSA) is 58.0 Å². The van der Waals surface area contributed by atoms with Crippen LogP contribution in [-0.2, 0) is 6.42 Å². The molecule has 0 radical (unpaired) electrons. The Hall–Kier alpha value is -2.69. The molecule has 0 atom stereocenters. The summed E-state index contributed by atoms with van der Waals surface area (Å²) in [5, 5.41) is 13.3. The van der Waals surface area contributed by atoms with Crippen molar-refractivity contribution in [2.24, 2.45) is 0 Å². The highest BCUT2D eigenvalue weighted by atomic mass is 19.1. The molecule has 112 valence electrons. The number of nitrogens with zero attached hydrogens (tertiary/aromatic N) is 2. The quantitative estimate of drug-likeness (QED) is 0.707. The van der Waals surface area contributed by atoms with E-state index in [2.05, 4.69) is 15.3 Å². The average molecular weight is 297 g/mol. The third-order valence-corrected chi connectivity index (χ3v) is 3.44. The highest BCUT2D eigenvalue weighted by Gasteiger charge is 2.04. The van der Waals surface area contributed by atoms with Crippen molar-refractivity contribution < 1.29 is 9.50 Å². The van der Waals surface area contributed by atoms with Gasteiger partial charge in [0, 0.05) is 11.9 Å². The van der Waals surface area contributed by atoms with Crippen LogP contribution in [-0.4, -0.2) is 21.6 Å². The zero-order valence-electron chi connectivity index (χ0n) is 12.0. The monoisotopic (exact) mass is 297 g/mol. The van der Waals surface area contributed by atoms with Gasteiger partial charge < -0.3 is 10.4 Å². The second kappa shape index (κ2) is 6.39. The van der Waals surface area contributed by atoms with Gasteiger partial charge in [-0.2, -0.15) is 0 Å². The second-order valence-electron chi connectivity index (χ2n) is 5.08. The smallest absolute Gasteiger partial charge is 0.137 e. The number of nitrogens with one attached hydrogen (secondary N) is 1. The van der Waals surface area contributed by atoms with Gasteiger partial charge in [0.2, 0.25) is 0 Å². The first-order chi connectivity index (χ1) is 10.7. The maximum Gasteiger partial charge on any atom is 0.137 e. The SMILES string of the molecule is Oc1cccc(CCCNc2ncnc3ccc(F)cc23)c1. The van der Waals surface area contributed by atoms with Crippen molar-refractivity contribution in [3.05, 3.63) is 60.2 Å². The summed E-state index contributed by atoms with van der Waals surface area (Å²) in [6.07, 6.45) is 3.20. The lowest BCUT2D eigenvalue weighted by atomic mass is 10.1. The number of hydrogen-bond donors (Lipinski definition) is 2. The maximum atomic E-state index is 13.4. The minimum absolute atomic E-state index is 0.280. The molecule has 4 nitrogen and oxygen atoms in total. The number of aromatic hydroxyl groups is 1. The predicted molar refractivity (Wildman–Crippen MR) is 84.4 cm³/mol. The fourth-order valence-corrected chi connectivity index (χ4v) is 2.38. The number of benzene rings is 2. The standard InChI is InChI=1S/C17H16FN3O/c18-13-6-7-16-15(10-13)17(21-11-20-16)19-8-2-4-12-3-1-5-14(22)9-12/h1,3,5-7,9-11,22H,2,4,8H2,(H,19,20,21). The molecule has 1 heterocycles. The molecule has 1 aromatic heterocycles. The number of phenols is 1. The van der Waals surface area contributed by atoms with E-state index >= 15 is 0 Å². The van der Waals surface area contributed by atoms with E-state index in [9.17, 15) is 9.50 Å². The molecule has 0 bridgehead atoms. The molecule has 3 rings (SSSR count). The van der Waals surface area contributed by atoms with E-state index in [1.807, 2.05) is 12.1 Å². The second-order valence-corrected chi connectivity index (χ2v) is 5.08. The van der Waals surface area contributed by atoms with E-state index < -0.39 is 0 Å². The van der Waals surface area contributed by atoms with E-state index in [1.165, 1.54) is 18.5 Å². The summed E-state index contributed by atoms with van der Waals surface area (Å²) in [7, 11) is 0.